The van der Waals surface area contributed by atoms with Gasteiger partial charge in [-0.1, -0.05) is 30.3 Å². The minimum absolute atomic E-state index is 0.221. The number of hydrogen-bond donors (Lipinski definition) is 0. The van der Waals surface area contributed by atoms with E-state index in [1.807, 2.05) is 22.9 Å². The van der Waals surface area contributed by atoms with Gasteiger partial charge < -0.3 is 18.8 Å². The molecule has 2 aromatic carbocycles. The second-order valence-corrected chi connectivity index (χ2v) is 8.59. The Labute approximate surface area is 200 Å². The number of likely N-dealkylation sites (tertiary alicyclic amines) is 1. The summed E-state index contributed by atoms with van der Waals surface area (Å²) < 4.78 is 21.3. The van der Waals surface area contributed by atoms with Gasteiger partial charge in [-0.2, -0.15) is 5.10 Å². The van der Waals surface area contributed by atoms with E-state index in [0.717, 1.165) is 53.5 Å². The average Bonchev–Trinajstić information content (AvgIpc) is 3.42. The van der Waals surface area contributed by atoms with Crippen molar-refractivity contribution in [2.45, 2.75) is 38.5 Å². The van der Waals surface area contributed by atoms with Crippen molar-refractivity contribution < 1.29 is 14.2 Å². The third-order valence-corrected chi connectivity index (χ3v) is 6.63. The summed E-state index contributed by atoms with van der Waals surface area (Å²) in [7, 11) is 5.12. The number of aromatic nitrogens is 3. The van der Waals surface area contributed by atoms with E-state index < -0.39 is 0 Å². The van der Waals surface area contributed by atoms with Gasteiger partial charge in [0.2, 0.25) is 0 Å². The largest absolute Gasteiger partial charge is 0.497 e. The van der Waals surface area contributed by atoms with Crippen molar-refractivity contribution in [3.63, 3.8) is 0 Å². The fraction of sp³-hybridized carbons (Fsp3) is 0.440. The summed E-state index contributed by atoms with van der Waals surface area (Å²) in [5, 5.41) is 4.95. The summed E-state index contributed by atoms with van der Waals surface area (Å²) in [5.74, 6) is 2.67. The second-order valence-electron chi connectivity index (χ2n) is 8.22. The summed E-state index contributed by atoms with van der Waals surface area (Å²) in [5.41, 5.74) is 2.35. The molecule has 1 aromatic heterocycles. The molecule has 0 spiro atoms. The zero-order valence-electron chi connectivity index (χ0n) is 19.6. The zero-order valence-corrected chi connectivity index (χ0v) is 20.4. The first kappa shape index (κ1) is 23.5. The van der Waals surface area contributed by atoms with E-state index in [1.165, 1.54) is 5.56 Å². The first-order chi connectivity index (χ1) is 16.1. The zero-order chi connectivity index (χ0) is 23.2. The molecule has 0 unspecified atom stereocenters. The van der Waals surface area contributed by atoms with E-state index in [1.54, 1.807) is 21.3 Å². The van der Waals surface area contributed by atoms with Crippen LogP contribution < -0.4 is 9.47 Å². The second kappa shape index (κ2) is 11.0. The first-order valence-corrected chi connectivity index (χ1v) is 11.7. The highest BCUT2D eigenvalue weighted by Gasteiger charge is 2.29. The Morgan fingerprint density at radius 2 is 1.88 bits per heavy atom. The van der Waals surface area contributed by atoms with Crippen LogP contribution in [-0.4, -0.2) is 53.7 Å². The topological polar surface area (TPSA) is 53.7 Å². The van der Waals surface area contributed by atoms with Crippen molar-refractivity contribution in [1.29, 1.82) is 0 Å². The average molecular weight is 469 g/mol. The van der Waals surface area contributed by atoms with Crippen molar-refractivity contribution in [2.24, 2.45) is 0 Å². The lowest BCUT2D eigenvalue weighted by molar-refractivity contribution is 0.180. The number of hydrogen-bond acceptors (Lipinski definition) is 6. The Bertz CT molecular complexity index is 1110. The normalized spacial score (nSPS) is 16.3. The SMILES string of the molecule is COCCn1c(Cc2ccccc2)nn(CN2CCC[C@@H]2c2cc(OC)ccc2OC)c1=S. The van der Waals surface area contributed by atoms with Crippen LogP contribution in [0.2, 0.25) is 0 Å². The van der Waals surface area contributed by atoms with Crippen LogP contribution >= 0.6 is 12.2 Å². The number of rotatable bonds is 10. The maximum absolute atomic E-state index is 5.86. The standard InChI is InChI=1S/C25H32N4O3S/c1-30-15-14-28-24(16-19-8-5-4-6-9-19)26-29(25(28)33)18-27-13-7-10-22(27)21-17-20(31-2)11-12-23(21)32-3/h4-6,8-9,11-12,17,22H,7,10,13-16,18H2,1-3H3/t22-/m1/s1. The minimum atomic E-state index is 0.221. The summed E-state index contributed by atoms with van der Waals surface area (Å²) in [6.07, 6.45) is 2.89. The van der Waals surface area contributed by atoms with Crippen LogP contribution in [0, 0.1) is 4.77 Å². The lowest BCUT2D eigenvalue weighted by atomic mass is 10.0. The number of benzene rings is 2. The van der Waals surface area contributed by atoms with Crippen LogP contribution in [0.15, 0.2) is 48.5 Å². The molecular formula is C25H32N4O3S. The Balaban J connectivity index is 1.62. The van der Waals surface area contributed by atoms with Gasteiger partial charge in [0, 0.05) is 31.7 Å². The quantitative estimate of drug-likeness (QED) is 0.410. The van der Waals surface area contributed by atoms with Gasteiger partial charge in [0.15, 0.2) is 4.77 Å². The maximum Gasteiger partial charge on any atom is 0.199 e. The van der Waals surface area contributed by atoms with E-state index in [0.29, 0.717) is 19.8 Å². The molecule has 8 heteroatoms. The molecule has 1 aliphatic rings. The Kier molecular flexibility index (Phi) is 7.80. The van der Waals surface area contributed by atoms with Crippen molar-refractivity contribution >= 4 is 12.2 Å². The molecule has 7 nitrogen and oxygen atoms in total. The van der Waals surface area contributed by atoms with Gasteiger partial charge in [0.25, 0.3) is 0 Å². The van der Waals surface area contributed by atoms with E-state index in [-0.39, 0.29) is 6.04 Å². The van der Waals surface area contributed by atoms with Crippen molar-refractivity contribution in [2.75, 3.05) is 34.5 Å². The minimum Gasteiger partial charge on any atom is -0.497 e. The molecule has 0 radical (unpaired) electrons. The molecular weight excluding hydrogens is 436 g/mol. The third kappa shape index (κ3) is 5.29. The van der Waals surface area contributed by atoms with Crippen molar-refractivity contribution in [3.05, 3.63) is 70.3 Å². The number of methoxy groups -OCH3 is 3. The van der Waals surface area contributed by atoms with E-state index >= 15 is 0 Å². The summed E-state index contributed by atoms with van der Waals surface area (Å²) >= 11 is 5.86. The highest BCUT2D eigenvalue weighted by Crippen LogP contribution is 2.39. The smallest absolute Gasteiger partial charge is 0.199 e. The van der Waals surface area contributed by atoms with Gasteiger partial charge in [-0.3, -0.25) is 4.90 Å². The van der Waals surface area contributed by atoms with E-state index in [9.17, 15) is 0 Å². The third-order valence-electron chi connectivity index (χ3n) is 6.20. The van der Waals surface area contributed by atoms with Crippen LogP contribution in [0.1, 0.15) is 35.8 Å². The van der Waals surface area contributed by atoms with Gasteiger partial charge in [-0.15, -0.1) is 0 Å². The van der Waals surface area contributed by atoms with Crippen LogP contribution in [0.3, 0.4) is 0 Å². The monoisotopic (exact) mass is 468 g/mol. The fourth-order valence-electron chi connectivity index (χ4n) is 4.51. The van der Waals surface area contributed by atoms with Crippen LogP contribution in [0.5, 0.6) is 11.5 Å². The molecule has 1 aliphatic heterocycles. The van der Waals surface area contributed by atoms with Gasteiger partial charge >= 0.3 is 0 Å². The number of nitrogens with zero attached hydrogens (tertiary/aromatic N) is 4. The highest BCUT2D eigenvalue weighted by molar-refractivity contribution is 7.71. The number of ether oxygens (including phenoxy) is 3. The Morgan fingerprint density at radius 3 is 2.61 bits per heavy atom. The van der Waals surface area contributed by atoms with E-state index in [4.69, 9.17) is 31.5 Å². The first-order valence-electron chi connectivity index (χ1n) is 11.3. The fourth-order valence-corrected chi connectivity index (χ4v) is 4.81. The molecule has 176 valence electrons. The Hall–Kier alpha value is -2.68. The highest BCUT2D eigenvalue weighted by atomic mass is 32.1. The predicted molar refractivity (Wildman–Crippen MR) is 130 cm³/mol. The molecule has 0 amide bonds. The lowest BCUT2D eigenvalue weighted by Crippen LogP contribution is -2.27. The van der Waals surface area contributed by atoms with Crippen molar-refractivity contribution in [1.82, 2.24) is 19.2 Å². The lowest BCUT2D eigenvalue weighted by Gasteiger charge is -2.26. The van der Waals surface area contributed by atoms with Crippen LogP contribution in [0.25, 0.3) is 0 Å². The Morgan fingerprint density at radius 1 is 1.06 bits per heavy atom. The predicted octanol–water partition coefficient (Wildman–Crippen LogP) is 4.46. The molecule has 1 atom stereocenters. The molecule has 4 rings (SSSR count). The molecule has 2 heterocycles. The van der Waals surface area contributed by atoms with Gasteiger partial charge in [0.05, 0.1) is 34.0 Å². The maximum atomic E-state index is 5.86. The van der Waals surface area contributed by atoms with Crippen LogP contribution in [0.4, 0.5) is 0 Å². The van der Waals surface area contributed by atoms with Gasteiger partial charge in [-0.25, -0.2) is 4.68 Å². The molecule has 33 heavy (non-hydrogen) atoms. The van der Waals surface area contributed by atoms with E-state index in [2.05, 4.69) is 39.8 Å². The van der Waals surface area contributed by atoms with Crippen molar-refractivity contribution in [3.8, 4) is 11.5 Å². The molecule has 1 saturated heterocycles. The van der Waals surface area contributed by atoms with Gasteiger partial charge in [0.1, 0.15) is 17.3 Å². The molecule has 0 bridgehead atoms. The van der Waals surface area contributed by atoms with Gasteiger partial charge in [-0.05, 0) is 48.8 Å². The molecule has 0 aliphatic carbocycles. The summed E-state index contributed by atoms with van der Waals surface area (Å²) in [4.78, 5) is 2.42. The van der Waals surface area contributed by atoms with Crippen LogP contribution in [-0.2, 0) is 24.4 Å². The summed E-state index contributed by atoms with van der Waals surface area (Å²) in [6.45, 7) is 2.89. The summed E-state index contributed by atoms with van der Waals surface area (Å²) in [6, 6.07) is 16.6. The molecule has 0 N–H and O–H groups in total. The molecule has 1 fully saturated rings. The molecule has 3 aromatic rings. The molecule has 0 saturated carbocycles.